The molecule has 0 aliphatic heterocycles. The lowest BCUT2D eigenvalue weighted by molar-refractivity contribution is 0.0606. The predicted molar refractivity (Wildman–Crippen MR) is 71.9 cm³/mol. The van der Waals surface area contributed by atoms with Gasteiger partial charge < -0.3 is 5.73 Å². The van der Waals surface area contributed by atoms with E-state index in [9.17, 15) is 0 Å². The Morgan fingerprint density at radius 1 is 1.50 bits per heavy atom. The molecule has 5 nitrogen and oxygen atoms in total. The molecular formula is C13H25N5. The summed E-state index contributed by atoms with van der Waals surface area (Å²) in [6.45, 7) is 3.90. The number of nitrogens with zero attached hydrogens (tertiary/aromatic N) is 4. The Kier molecular flexibility index (Phi) is 4.02. The van der Waals surface area contributed by atoms with Crippen molar-refractivity contribution in [1.82, 2.24) is 19.9 Å². The summed E-state index contributed by atoms with van der Waals surface area (Å²) in [4.78, 5) is 2.38. The van der Waals surface area contributed by atoms with Gasteiger partial charge in [0.2, 0.25) is 0 Å². The van der Waals surface area contributed by atoms with Crippen molar-refractivity contribution in [3.05, 3.63) is 11.9 Å². The van der Waals surface area contributed by atoms with E-state index in [1.165, 1.54) is 25.7 Å². The number of nitrogens with two attached hydrogens (primary N) is 1. The minimum Gasteiger partial charge on any atom is -0.329 e. The fourth-order valence-electron chi connectivity index (χ4n) is 2.92. The first-order valence-electron chi connectivity index (χ1n) is 6.82. The lowest BCUT2D eigenvalue weighted by atomic mass is 9.76. The highest BCUT2D eigenvalue weighted by Gasteiger charge is 2.36. The number of hydrogen-bond donors (Lipinski definition) is 1. The second-order valence-corrected chi connectivity index (χ2v) is 5.85. The SMILES string of the molecule is CC1CCC(CN)(N(C)Cc2cn(C)nn2)CC1. The van der Waals surface area contributed by atoms with Gasteiger partial charge in [0.15, 0.2) is 0 Å². The average molecular weight is 251 g/mol. The van der Waals surface area contributed by atoms with Gasteiger partial charge in [-0.1, -0.05) is 12.1 Å². The van der Waals surface area contributed by atoms with Gasteiger partial charge in [0.1, 0.15) is 0 Å². The van der Waals surface area contributed by atoms with Crippen molar-refractivity contribution in [2.24, 2.45) is 18.7 Å². The van der Waals surface area contributed by atoms with E-state index in [1.807, 2.05) is 13.2 Å². The summed E-state index contributed by atoms with van der Waals surface area (Å²) in [5.74, 6) is 0.842. The molecule has 1 heterocycles. The van der Waals surface area contributed by atoms with Crippen LogP contribution in [0.5, 0.6) is 0 Å². The van der Waals surface area contributed by atoms with Gasteiger partial charge >= 0.3 is 0 Å². The van der Waals surface area contributed by atoms with Crippen molar-refractivity contribution in [3.63, 3.8) is 0 Å². The summed E-state index contributed by atoms with van der Waals surface area (Å²) in [5.41, 5.74) is 7.24. The number of rotatable bonds is 4. The molecule has 18 heavy (non-hydrogen) atoms. The van der Waals surface area contributed by atoms with Gasteiger partial charge in [0.25, 0.3) is 0 Å². The van der Waals surface area contributed by atoms with Crippen molar-refractivity contribution in [2.45, 2.75) is 44.7 Å². The van der Waals surface area contributed by atoms with Gasteiger partial charge in [-0.25, -0.2) is 0 Å². The van der Waals surface area contributed by atoms with Crippen LogP contribution < -0.4 is 5.73 Å². The van der Waals surface area contributed by atoms with Crippen molar-refractivity contribution < 1.29 is 0 Å². The first-order valence-corrected chi connectivity index (χ1v) is 6.82. The molecule has 0 aromatic carbocycles. The van der Waals surface area contributed by atoms with Crippen molar-refractivity contribution in [1.29, 1.82) is 0 Å². The molecule has 0 radical (unpaired) electrons. The third-order valence-electron chi connectivity index (χ3n) is 4.44. The van der Waals surface area contributed by atoms with Gasteiger partial charge in [-0.2, -0.15) is 0 Å². The summed E-state index contributed by atoms with van der Waals surface area (Å²) >= 11 is 0. The highest BCUT2D eigenvalue weighted by molar-refractivity contribution is 4.99. The summed E-state index contributed by atoms with van der Waals surface area (Å²) in [6, 6.07) is 0. The molecule has 2 rings (SSSR count). The normalized spacial score (nSPS) is 28.8. The van der Waals surface area contributed by atoms with E-state index in [1.54, 1.807) is 4.68 Å². The number of aryl methyl sites for hydroxylation is 1. The van der Waals surface area contributed by atoms with Crippen LogP contribution in [0.15, 0.2) is 6.20 Å². The van der Waals surface area contributed by atoms with E-state index in [0.29, 0.717) is 0 Å². The fraction of sp³-hybridized carbons (Fsp3) is 0.846. The highest BCUT2D eigenvalue weighted by atomic mass is 15.4. The highest BCUT2D eigenvalue weighted by Crippen LogP contribution is 2.35. The van der Waals surface area contributed by atoms with Gasteiger partial charge in [-0.3, -0.25) is 9.58 Å². The Morgan fingerprint density at radius 2 is 2.17 bits per heavy atom. The second-order valence-electron chi connectivity index (χ2n) is 5.85. The van der Waals surface area contributed by atoms with Crippen LogP contribution in [0, 0.1) is 5.92 Å². The van der Waals surface area contributed by atoms with E-state index in [4.69, 9.17) is 5.73 Å². The molecule has 1 fully saturated rings. The Bertz CT molecular complexity index is 378. The minimum atomic E-state index is 0.157. The van der Waals surface area contributed by atoms with Gasteiger partial charge in [-0.05, 0) is 38.6 Å². The zero-order valence-electron chi connectivity index (χ0n) is 11.8. The summed E-state index contributed by atoms with van der Waals surface area (Å²) in [5, 5.41) is 8.15. The third-order valence-corrected chi connectivity index (χ3v) is 4.44. The van der Waals surface area contributed by atoms with E-state index >= 15 is 0 Å². The lowest BCUT2D eigenvalue weighted by Gasteiger charge is -2.45. The number of likely N-dealkylation sites (N-methyl/N-ethyl adjacent to an activating group) is 1. The largest absolute Gasteiger partial charge is 0.329 e. The number of hydrogen-bond acceptors (Lipinski definition) is 4. The average Bonchev–Trinajstić information content (AvgIpc) is 2.76. The van der Waals surface area contributed by atoms with Crippen molar-refractivity contribution in [3.8, 4) is 0 Å². The van der Waals surface area contributed by atoms with Crippen LogP contribution in [0.4, 0.5) is 0 Å². The molecule has 1 saturated carbocycles. The molecular weight excluding hydrogens is 226 g/mol. The molecule has 0 saturated heterocycles. The van der Waals surface area contributed by atoms with E-state index < -0.39 is 0 Å². The quantitative estimate of drug-likeness (QED) is 0.872. The monoisotopic (exact) mass is 251 g/mol. The first kappa shape index (κ1) is 13.5. The maximum absolute atomic E-state index is 6.06. The van der Waals surface area contributed by atoms with Gasteiger partial charge in [0, 0.05) is 31.9 Å². The molecule has 0 unspecified atom stereocenters. The molecule has 1 aromatic rings. The van der Waals surface area contributed by atoms with Crippen LogP contribution in [0.3, 0.4) is 0 Å². The van der Waals surface area contributed by atoms with Gasteiger partial charge in [-0.15, -0.1) is 5.10 Å². The van der Waals surface area contributed by atoms with E-state index in [0.717, 1.165) is 24.7 Å². The molecule has 0 amide bonds. The van der Waals surface area contributed by atoms with Crippen LogP contribution in [0.2, 0.25) is 0 Å². The molecule has 5 heteroatoms. The minimum absolute atomic E-state index is 0.157. The van der Waals surface area contributed by atoms with Gasteiger partial charge in [0.05, 0.1) is 5.69 Å². The van der Waals surface area contributed by atoms with E-state index in [2.05, 4.69) is 29.2 Å². The molecule has 0 spiro atoms. The van der Waals surface area contributed by atoms with Crippen LogP contribution in [-0.2, 0) is 13.6 Å². The molecule has 0 bridgehead atoms. The third kappa shape index (κ3) is 2.72. The van der Waals surface area contributed by atoms with Crippen molar-refractivity contribution in [2.75, 3.05) is 13.6 Å². The summed E-state index contributed by atoms with van der Waals surface area (Å²) in [7, 11) is 4.06. The van der Waals surface area contributed by atoms with Crippen LogP contribution in [0.25, 0.3) is 0 Å². The Labute approximate surface area is 109 Å². The zero-order chi connectivity index (χ0) is 13.2. The Morgan fingerprint density at radius 3 is 2.67 bits per heavy atom. The van der Waals surface area contributed by atoms with Crippen LogP contribution in [-0.4, -0.2) is 39.0 Å². The fourth-order valence-corrected chi connectivity index (χ4v) is 2.92. The first-order chi connectivity index (χ1) is 8.55. The second kappa shape index (κ2) is 5.36. The topological polar surface area (TPSA) is 60.0 Å². The molecule has 1 aliphatic rings. The Balaban J connectivity index is 2.03. The van der Waals surface area contributed by atoms with E-state index in [-0.39, 0.29) is 5.54 Å². The number of aromatic nitrogens is 3. The molecule has 2 N–H and O–H groups in total. The molecule has 1 aliphatic carbocycles. The van der Waals surface area contributed by atoms with Crippen LogP contribution in [0.1, 0.15) is 38.3 Å². The standard InChI is InChI=1S/C13H25N5/c1-11-4-6-13(10-14,7-5-11)17(2)8-12-9-18(3)16-15-12/h9,11H,4-8,10,14H2,1-3H3. The molecule has 0 atom stereocenters. The summed E-state index contributed by atoms with van der Waals surface area (Å²) in [6.07, 6.45) is 6.93. The lowest BCUT2D eigenvalue weighted by Crippen LogP contribution is -2.53. The maximum atomic E-state index is 6.06. The van der Waals surface area contributed by atoms with Crippen molar-refractivity contribution >= 4 is 0 Å². The smallest absolute Gasteiger partial charge is 0.0967 e. The predicted octanol–water partition coefficient (Wildman–Crippen LogP) is 1.15. The zero-order valence-corrected chi connectivity index (χ0v) is 11.8. The molecule has 102 valence electrons. The Hall–Kier alpha value is -0.940. The molecule has 1 aromatic heterocycles. The maximum Gasteiger partial charge on any atom is 0.0967 e. The summed E-state index contributed by atoms with van der Waals surface area (Å²) < 4.78 is 1.75. The van der Waals surface area contributed by atoms with Crippen LogP contribution >= 0.6 is 0 Å².